The van der Waals surface area contributed by atoms with Crippen LogP contribution in [0.3, 0.4) is 0 Å². The standard InChI is InChI=1S/C10H17Cl2N3/c1-8(2)6-15-10(13-7-14-15)3-9(4-11)5-12/h7-9H,3-6H2,1-2H3. The van der Waals surface area contributed by atoms with Gasteiger partial charge in [-0.15, -0.1) is 23.2 Å². The zero-order chi connectivity index (χ0) is 11.3. The van der Waals surface area contributed by atoms with Crippen molar-refractivity contribution in [1.82, 2.24) is 14.8 Å². The maximum Gasteiger partial charge on any atom is 0.138 e. The van der Waals surface area contributed by atoms with E-state index in [0.717, 1.165) is 18.8 Å². The summed E-state index contributed by atoms with van der Waals surface area (Å²) in [6.07, 6.45) is 2.40. The summed E-state index contributed by atoms with van der Waals surface area (Å²) in [7, 11) is 0. The fourth-order valence-corrected chi connectivity index (χ4v) is 1.90. The van der Waals surface area contributed by atoms with E-state index in [-0.39, 0.29) is 5.92 Å². The van der Waals surface area contributed by atoms with Gasteiger partial charge >= 0.3 is 0 Å². The van der Waals surface area contributed by atoms with Crippen molar-refractivity contribution in [2.45, 2.75) is 26.8 Å². The number of alkyl halides is 2. The van der Waals surface area contributed by atoms with E-state index in [1.165, 1.54) is 0 Å². The zero-order valence-electron chi connectivity index (χ0n) is 9.16. The van der Waals surface area contributed by atoms with Crippen molar-refractivity contribution in [1.29, 1.82) is 0 Å². The Morgan fingerprint density at radius 1 is 1.33 bits per heavy atom. The van der Waals surface area contributed by atoms with Crippen molar-refractivity contribution in [3.8, 4) is 0 Å². The van der Waals surface area contributed by atoms with Gasteiger partial charge in [0, 0.05) is 24.7 Å². The molecule has 0 radical (unpaired) electrons. The molecule has 0 N–H and O–H groups in total. The van der Waals surface area contributed by atoms with E-state index in [2.05, 4.69) is 23.9 Å². The van der Waals surface area contributed by atoms with E-state index in [0.29, 0.717) is 17.7 Å². The van der Waals surface area contributed by atoms with Gasteiger partial charge in [0.05, 0.1) is 0 Å². The SMILES string of the molecule is CC(C)Cn1ncnc1CC(CCl)CCl. The molecule has 3 nitrogen and oxygen atoms in total. The molecule has 0 atom stereocenters. The van der Waals surface area contributed by atoms with E-state index in [1.807, 2.05) is 4.68 Å². The number of aromatic nitrogens is 3. The second-order valence-electron chi connectivity index (χ2n) is 4.13. The van der Waals surface area contributed by atoms with Crippen LogP contribution in [0.4, 0.5) is 0 Å². The minimum absolute atomic E-state index is 0.281. The highest BCUT2D eigenvalue weighted by Crippen LogP contribution is 2.11. The fourth-order valence-electron chi connectivity index (χ4n) is 1.35. The Morgan fingerprint density at radius 2 is 2.00 bits per heavy atom. The molecule has 0 fully saturated rings. The van der Waals surface area contributed by atoms with Crippen LogP contribution in [0.15, 0.2) is 6.33 Å². The molecule has 0 aliphatic rings. The first-order chi connectivity index (χ1) is 7.17. The Kier molecular flexibility index (Phi) is 5.40. The quantitative estimate of drug-likeness (QED) is 0.726. The predicted octanol–water partition coefficient (Wildman–Crippen LogP) is 2.57. The second kappa shape index (κ2) is 6.33. The first kappa shape index (κ1) is 12.8. The van der Waals surface area contributed by atoms with Crippen LogP contribution in [0.1, 0.15) is 19.7 Å². The molecule has 1 aromatic rings. The van der Waals surface area contributed by atoms with Gasteiger partial charge in [0.2, 0.25) is 0 Å². The van der Waals surface area contributed by atoms with Crippen LogP contribution in [0.5, 0.6) is 0 Å². The lowest BCUT2D eigenvalue weighted by molar-refractivity contribution is 0.455. The van der Waals surface area contributed by atoms with Gasteiger partial charge in [-0.1, -0.05) is 13.8 Å². The molecule has 0 aliphatic heterocycles. The number of hydrogen-bond donors (Lipinski definition) is 0. The monoisotopic (exact) mass is 249 g/mol. The molecule has 0 amide bonds. The van der Waals surface area contributed by atoms with Gasteiger partial charge in [-0.2, -0.15) is 5.10 Å². The van der Waals surface area contributed by atoms with Gasteiger partial charge in [0.25, 0.3) is 0 Å². The van der Waals surface area contributed by atoms with Crippen LogP contribution in [0.2, 0.25) is 0 Å². The van der Waals surface area contributed by atoms with E-state index < -0.39 is 0 Å². The van der Waals surface area contributed by atoms with Gasteiger partial charge in [-0.25, -0.2) is 9.67 Å². The Morgan fingerprint density at radius 3 is 2.53 bits per heavy atom. The molecular weight excluding hydrogens is 233 g/mol. The highest BCUT2D eigenvalue weighted by molar-refractivity contribution is 6.20. The zero-order valence-corrected chi connectivity index (χ0v) is 10.7. The molecule has 5 heteroatoms. The van der Waals surface area contributed by atoms with Gasteiger partial charge in [-0.3, -0.25) is 0 Å². The van der Waals surface area contributed by atoms with Crippen molar-refractivity contribution < 1.29 is 0 Å². The van der Waals surface area contributed by atoms with E-state index in [1.54, 1.807) is 6.33 Å². The average molecular weight is 250 g/mol. The van der Waals surface area contributed by atoms with Crippen molar-refractivity contribution in [2.75, 3.05) is 11.8 Å². The molecule has 1 heterocycles. The lowest BCUT2D eigenvalue weighted by atomic mass is 10.1. The molecule has 0 bridgehead atoms. The summed E-state index contributed by atoms with van der Waals surface area (Å²) in [6.45, 7) is 5.21. The number of nitrogens with zero attached hydrogens (tertiary/aromatic N) is 3. The van der Waals surface area contributed by atoms with Crippen LogP contribution >= 0.6 is 23.2 Å². The predicted molar refractivity (Wildman–Crippen MR) is 63.5 cm³/mol. The van der Waals surface area contributed by atoms with Crippen molar-refractivity contribution in [3.05, 3.63) is 12.2 Å². The summed E-state index contributed by atoms with van der Waals surface area (Å²) in [5.74, 6) is 2.96. The molecule has 0 aromatic carbocycles. The Bertz CT molecular complexity index is 282. The van der Waals surface area contributed by atoms with E-state index >= 15 is 0 Å². The van der Waals surface area contributed by atoms with Crippen LogP contribution < -0.4 is 0 Å². The number of rotatable bonds is 6. The molecule has 0 unspecified atom stereocenters. The highest BCUT2D eigenvalue weighted by atomic mass is 35.5. The number of hydrogen-bond acceptors (Lipinski definition) is 2. The minimum atomic E-state index is 0.281. The van der Waals surface area contributed by atoms with E-state index in [9.17, 15) is 0 Å². The van der Waals surface area contributed by atoms with E-state index in [4.69, 9.17) is 23.2 Å². The molecule has 0 saturated carbocycles. The minimum Gasteiger partial charge on any atom is -0.250 e. The first-order valence-electron chi connectivity index (χ1n) is 5.16. The van der Waals surface area contributed by atoms with Gasteiger partial charge in [-0.05, 0) is 11.8 Å². The van der Waals surface area contributed by atoms with Crippen LogP contribution in [-0.2, 0) is 13.0 Å². The summed E-state index contributed by atoms with van der Waals surface area (Å²) in [6, 6.07) is 0. The maximum atomic E-state index is 5.80. The van der Waals surface area contributed by atoms with Crippen LogP contribution in [0.25, 0.3) is 0 Å². The lowest BCUT2D eigenvalue weighted by Crippen LogP contribution is -2.16. The Balaban J connectivity index is 2.63. The normalized spacial score (nSPS) is 11.6. The molecule has 15 heavy (non-hydrogen) atoms. The topological polar surface area (TPSA) is 30.7 Å². The first-order valence-corrected chi connectivity index (χ1v) is 6.22. The fraction of sp³-hybridized carbons (Fsp3) is 0.800. The van der Waals surface area contributed by atoms with Crippen LogP contribution in [-0.4, -0.2) is 26.5 Å². The molecule has 0 spiro atoms. The Labute approximate surface area is 101 Å². The molecule has 1 aromatic heterocycles. The van der Waals surface area contributed by atoms with Crippen molar-refractivity contribution >= 4 is 23.2 Å². The Hall–Kier alpha value is -0.280. The third-order valence-corrected chi connectivity index (χ3v) is 3.01. The summed E-state index contributed by atoms with van der Waals surface area (Å²) in [5.41, 5.74) is 0. The van der Waals surface area contributed by atoms with Gasteiger partial charge in [0.1, 0.15) is 12.2 Å². The van der Waals surface area contributed by atoms with Gasteiger partial charge < -0.3 is 0 Å². The molecular formula is C10H17Cl2N3. The molecule has 1 rings (SSSR count). The van der Waals surface area contributed by atoms with Crippen molar-refractivity contribution in [3.63, 3.8) is 0 Å². The second-order valence-corrected chi connectivity index (χ2v) is 4.75. The third-order valence-electron chi connectivity index (χ3n) is 2.14. The van der Waals surface area contributed by atoms with Gasteiger partial charge in [0.15, 0.2) is 0 Å². The summed E-state index contributed by atoms with van der Waals surface area (Å²) in [4.78, 5) is 4.24. The summed E-state index contributed by atoms with van der Waals surface area (Å²) < 4.78 is 1.94. The average Bonchev–Trinajstić information content (AvgIpc) is 2.61. The largest absolute Gasteiger partial charge is 0.250 e. The maximum absolute atomic E-state index is 5.80. The molecule has 0 saturated heterocycles. The van der Waals surface area contributed by atoms with Crippen LogP contribution in [0, 0.1) is 11.8 Å². The molecule has 86 valence electrons. The number of halogens is 2. The summed E-state index contributed by atoms with van der Waals surface area (Å²) in [5, 5.41) is 4.20. The smallest absolute Gasteiger partial charge is 0.138 e. The molecule has 0 aliphatic carbocycles. The van der Waals surface area contributed by atoms with Crippen molar-refractivity contribution in [2.24, 2.45) is 11.8 Å². The highest BCUT2D eigenvalue weighted by Gasteiger charge is 2.12. The summed E-state index contributed by atoms with van der Waals surface area (Å²) >= 11 is 11.6. The third kappa shape index (κ3) is 3.99. The lowest BCUT2D eigenvalue weighted by Gasteiger charge is -2.12.